The number of halogens is 4. The van der Waals surface area contributed by atoms with Crippen LogP contribution in [-0.2, 0) is 4.79 Å². The minimum Gasteiger partial charge on any atom is -0.366 e. The monoisotopic (exact) mass is 446 g/mol. The number of nitrogens with one attached hydrogen (secondary N) is 1. The topological polar surface area (TPSA) is 49.4 Å². The molecule has 0 bridgehead atoms. The van der Waals surface area contributed by atoms with Gasteiger partial charge in [-0.25, -0.2) is 0 Å². The lowest BCUT2D eigenvalue weighted by molar-refractivity contribution is -0.122. The lowest BCUT2D eigenvalue weighted by atomic mass is 10.2. The van der Waals surface area contributed by atoms with Crippen molar-refractivity contribution in [2.24, 2.45) is 0 Å². The van der Waals surface area contributed by atoms with Gasteiger partial charge in [-0.3, -0.25) is 14.5 Å². The molecule has 1 aliphatic heterocycles. The first-order valence-electron chi connectivity index (χ1n) is 7.25. The minimum absolute atomic E-state index is 0.0433. The fourth-order valence-electron chi connectivity index (χ4n) is 2.21. The molecule has 0 unspecified atom stereocenters. The number of rotatable bonds is 4. The molecule has 1 heterocycles. The van der Waals surface area contributed by atoms with E-state index in [0.29, 0.717) is 31.3 Å². The van der Waals surface area contributed by atoms with Gasteiger partial charge < -0.3 is 5.32 Å². The van der Waals surface area contributed by atoms with E-state index in [9.17, 15) is 9.59 Å². The summed E-state index contributed by atoms with van der Waals surface area (Å²) in [4.78, 5) is 26.0. The van der Waals surface area contributed by atoms with Crippen LogP contribution in [0.25, 0.3) is 6.08 Å². The number of nitrogens with zero attached hydrogens (tertiary/aromatic N) is 1. The van der Waals surface area contributed by atoms with Gasteiger partial charge in [0.1, 0.15) is 0 Å². The highest BCUT2D eigenvalue weighted by molar-refractivity contribution is 8.18. The summed E-state index contributed by atoms with van der Waals surface area (Å²) in [5, 5.41) is 4.24. The van der Waals surface area contributed by atoms with Gasteiger partial charge in [-0.15, -0.1) is 0 Å². The number of carbonyl (C=O) groups excluding carboxylic acids is 2. The van der Waals surface area contributed by atoms with E-state index in [0.717, 1.165) is 16.7 Å². The van der Waals surface area contributed by atoms with Gasteiger partial charge in [0, 0.05) is 20.6 Å². The van der Waals surface area contributed by atoms with Crippen LogP contribution in [0.1, 0.15) is 5.56 Å². The van der Waals surface area contributed by atoms with E-state index in [2.05, 4.69) is 5.32 Å². The molecule has 9 heteroatoms. The molecule has 1 N–H and O–H groups in total. The number of amides is 2. The van der Waals surface area contributed by atoms with E-state index < -0.39 is 11.1 Å². The van der Waals surface area contributed by atoms with Crippen molar-refractivity contribution >= 4 is 81.1 Å². The van der Waals surface area contributed by atoms with Gasteiger partial charge in [-0.05, 0) is 48.2 Å². The summed E-state index contributed by atoms with van der Waals surface area (Å²) in [5.41, 5.74) is 1.02. The van der Waals surface area contributed by atoms with Crippen molar-refractivity contribution in [3.8, 4) is 0 Å². The number of benzene rings is 2. The van der Waals surface area contributed by atoms with E-state index in [1.165, 1.54) is 6.08 Å². The van der Waals surface area contributed by atoms with Crippen molar-refractivity contribution in [1.82, 2.24) is 4.90 Å². The fraction of sp³-hybridized carbons (Fsp3) is 0.0588. The van der Waals surface area contributed by atoms with Crippen LogP contribution in [0, 0.1) is 0 Å². The fourth-order valence-corrected chi connectivity index (χ4v) is 3.90. The normalized spacial score (nSPS) is 15.8. The molecule has 4 nitrogen and oxygen atoms in total. The predicted molar refractivity (Wildman–Crippen MR) is 109 cm³/mol. The van der Waals surface area contributed by atoms with Crippen molar-refractivity contribution in [2.45, 2.75) is 0 Å². The summed E-state index contributed by atoms with van der Waals surface area (Å²) in [6.45, 7) is -0.0433. The van der Waals surface area contributed by atoms with Gasteiger partial charge in [0.25, 0.3) is 11.1 Å². The number of hydrogen-bond donors (Lipinski definition) is 1. The highest BCUT2D eigenvalue weighted by atomic mass is 35.5. The van der Waals surface area contributed by atoms with E-state index in [-0.39, 0.29) is 11.6 Å². The molecular formula is C17H10Cl4N2O2S. The van der Waals surface area contributed by atoms with Gasteiger partial charge >= 0.3 is 0 Å². The van der Waals surface area contributed by atoms with Crippen molar-refractivity contribution in [3.05, 3.63) is 67.0 Å². The third kappa shape index (κ3) is 4.13. The zero-order chi connectivity index (χ0) is 18.8. The molecule has 26 heavy (non-hydrogen) atoms. The number of imide groups is 1. The maximum Gasteiger partial charge on any atom is 0.295 e. The maximum absolute atomic E-state index is 12.5. The molecule has 0 aromatic heterocycles. The molecule has 1 aliphatic rings. The Morgan fingerprint density at radius 2 is 1.69 bits per heavy atom. The van der Waals surface area contributed by atoms with Crippen LogP contribution in [0.5, 0.6) is 0 Å². The molecule has 3 rings (SSSR count). The SMILES string of the molecule is O=C1S/C(=C\c2c(Cl)cccc2Cl)C(=O)N1CNc1cc(Cl)ccc1Cl. The Morgan fingerprint density at radius 1 is 1.00 bits per heavy atom. The molecule has 0 radical (unpaired) electrons. The van der Waals surface area contributed by atoms with E-state index in [4.69, 9.17) is 46.4 Å². The average Bonchev–Trinajstić information content (AvgIpc) is 2.86. The number of thioether (sulfide) groups is 1. The number of carbonyl (C=O) groups is 2. The largest absolute Gasteiger partial charge is 0.366 e. The van der Waals surface area contributed by atoms with Gasteiger partial charge in [0.2, 0.25) is 0 Å². The van der Waals surface area contributed by atoms with E-state index in [1.54, 1.807) is 36.4 Å². The van der Waals surface area contributed by atoms with Gasteiger partial charge in [-0.2, -0.15) is 0 Å². The van der Waals surface area contributed by atoms with Crippen molar-refractivity contribution in [3.63, 3.8) is 0 Å². The van der Waals surface area contributed by atoms with Crippen LogP contribution in [-0.4, -0.2) is 22.7 Å². The van der Waals surface area contributed by atoms with Gasteiger partial charge in [0.15, 0.2) is 0 Å². The molecule has 0 aliphatic carbocycles. The molecule has 0 saturated carbocycles. The first-order valence-corrected chi connectivity index (χ1v) is 9.58. The standard InChI is InChI=1S/C17H10Cl4N2O2S/c18-9-4-5-13(21)14(6-9)22-8-23-16(24)15(26-17(23)25)7-10-11(19)2-1-3-12(10)20/h1-7,22H,8H2/b15-7-. The minimum atomic E-state index is -0.443. The smallest absolute Gasteiger partial charge is 0.295 e. The first-order chi connectivity index (χ1) is 12.4. The second-order valence-electron chi connectivity index (χ2n) is 5.20. The molecule has 0 spiro atoms. The Bertz CT molecular complexity index is 913. The zero-order valence-corrected chi connectivity index (χ0v) is 16.8. The second-order valence-corrected chi connectivity index (χ2v) is 7.86. The Hall–Kier alpha value is -1.37. The second kappa shape index (κ2) is 8.11. The van der Waals surface area contributed by atoms with Crippen LogP contribution < -0.4 is 5.32 Å². The predicted octanol–water partition coefficient (Wildman–Crippen LogP) is 6.41. The first kappa shape index (κ1) is 19.4. The summed E-state index contributed by atoms with van der Waals surface area (Å²) >= 11 is 25.0. The third-order valence-corrected chi connectivity index (χ3v) is 5.64. The third-order valence-electron chi connectivity index (χ3n) is 3.50. The Balaban J connectivity index is 1.79. The Kier molecular flexibility index (Phi) is 6.05. The lowest BCUT2D eigenvalue weighted by Crippen LogP contribution is -2.33. The highest BCUT2D eigenvalue weighted by Crippen LogP contribution is 2.35. The number of hydrogen-bond acceptors (Lipinski definition) is 4. The summed E-state index contributed by atoms with van der Waals surface area (Å²) in [7, 11) is 0. The average molecular weight is 448 g/mol. The molecule has 1 saturated heterocycles. The molecule has 1 fully saturated rings. The quantitative estimate of drug-likeness (QED) is 0.550. The van der Waals surface area contributed by atoms with Crippen LogP contribution in [0.15, 0.2) is 41.3 Å². The Morgan fingerprint density at radius 3 is 2.38 bits per heavy atom. The molecule has 2 aromatic rings. The van der Waals surface area contributed by atoms with Crippen LogP contribution in [0.3, 0.4) is 0 Å². The van der Waals surface area contributed by atoms with Crippen LogP contribution in [0.2, 0.25) is 20.1 Å². The number of anilines is 1. The van der Waals surface area contributed by atoms with E-state index in [1.807, 2.05) is 0 Å². The highest BCUT2D eigenvalue weighted by Gasteiger charge is 2.35. The lowest BCUT2D eigenvalue weighted by Gasteiger charge is -2.15. The molecule has 0 atom stereocenters. The summed E-state index contributed by atoms with van der Waals surface area (Å²) < 4.78 is 0. The van der Waals surface area contributed by atoms with Crippen molar-refractivity contribution in [2.75, 3.05) is 12.0 Å². The van der Waals surface area contributed by atoms with E-state index >= 15 is 0 Å². The molecular weight excluding hydrogens is 438 g/mol. The Labute approximate surface area is 174 Å². The molecule has 134 valence electrons. The summed E-state index contributed by atoms with van der Waals surface area (Å²) in [6, 6.07) is 9.90. The zero-order valence-electron chi connectivity index (χ0n) is 12.9. The summed E-state index contributed by atoms with van der Waals surface area (Å²) in [5.74, 6) is -0.443. The van der Waals surface area contributed by atoms with Gasteiger partial charge in [-0.1, -0.05) is 52.5 Å². The van der Waals surface area contributed by atoms with Crippen molar-refractivity contribution in [1.29, 1.82) is 0 Å². The molecule has 2 amide bonds. The van der Waals surface area contributed by atoms with Crippen molar-refractivity contribution < 1.29 is 9.59 Å². The maximum atomic E-state index is 12.5. The van der Waals surface area contributed by atoms with Gasteiger partial charge in [0.05, 0.1) is 22.3 Å². The molecule has 2 aromatic carbocycles. The van der Waals surface area contributed by atoms with Crippen LogP contribution in [0.4, 0.5) is 10.5 Å². The van der Waals surface area contributed by atoms with Crippen LogP contribution >= 0.6 is 58.2 Å². The summed E-state index contributed by atoms with van der Waals surface area (Å²) in [6.07, 6.45) is 1.52.